The minimum absolute atomic E-state index is 0.0765. The molecule has 0 aliphatic carbocycles. The second kappa shape index (κ2) is 8.89. The van der Waals surface area contributed by atoms with Crippen LogP contribution in [0.1, 0.15) is 18.7 Å². The lowest BCUT2D eigenvalue weighted by Gasteiger charge is -2.37. The lowest BCUT2D eigenvalue weighted by molar-refractivity contribution is -0.0817. The number of aliphatic imine (C=N–C) groups is 1. The second-order valence-electron chi connectivity index (χ2n) is 6.83. The Morgan fingerprint density at radius 3 is 3.00 bits per heavy atom. The molecule has 1 N–H and O–H groups in total. The minimum Gasteiger partial charge on any atom is -0.375 e. The normalized spacial score (nSPS) is 23.2. The number of halogens is 1. The molecule has 1 aromatic heterocycles. The monoisotopic (exact) mass is 405 g/mol. The topological polar surface area (TPSA) is 85.0 Å². The molecule has 2 aliphatic rings. The van der Waals surface area contributed by atoms with E-state index in [0.717, 1.165) is 44.1 Å². The number of nitrogens with zero attached hydrogens (tertiary/aromatic N) is 4. The van der Waals surface area contributed by atoms with Crippen LogP contribution in [0.25, 0.3) is 11.4 Å². The van der Waals surface area contributed by atoms with Gasteiger partial charge in [0.2, 0.25) is 11.7 Å². The molecule has 2 aromatic rings. The molecule has 2 saturated heterocycles. The van der Waals surface area contributed by atoms with Crippen LogP contribution in [0.5, 0.6) is 0 Å². The van der Waals surface area contributed by atoms with Crippen LogP contribution in [0.15, 0.2) is 33.8 Å². The van der Waals surface area contributed by atoms with E-state index in [0.29, 0.717) is 29.9 Å². The summed E-state index contributed by atoms with van der Waals surface area (Å²) >= 11 is 6.03. The zero-order valence-electron chi connectivity index (χ0n) is 15.8. The highest BCUT2D eigenvalue weighted by atomic mass is 35.5. The van der Waals surface area contributed by atoms with Crippen molar-refractivity contribution in [2.75, 3.05) is 33.4 Å². The molecule has 1 aromatic carbocycles. The first-order valence-corrected chi connectivity index (χ1v) is 9.88. The summed E-state index contributed by atoms with van der Waals surface area (Å²) in [5.41, 5.74) is 0.819. The molecule has 2 fully saturated rings. The molecule has 0 radical (unpaired) electrons. The van der Waals surface area contributed by atoms with Gasteiger partial charge in [0, 0.05) is 37.3 Å². The number of hydrogen-bond acceptors (Lipinski definition) is 6. The van der Waals surface area contributed by atoms with Gasteiger partial charge in [0.1, 0.15) is 6.10 Å². The number of rotatable bonds is 4. The van der Waals surface area contributed by atoms with E-state index in [1.165, 1.54) is 0 Å². The summed E-state index contributed by atoms with van der Waals surface area (Å²) in [6, 6.07) is 7.37. The molecule has 28 heavy (non-hydrogen) atoms. The summed E-state index contributed by atoms with van der Waals surface area (Å²) in [4.78, 5) is 11.0. The summed E-state index contributed by atoms with van der Waals surface area (Å²) in [5, 5.41) is 7.97. The summed E-state index contributed by atoms with van der Waals surface area (Å²) in [7, 11) is 1.77. The highest BCUT2D eigenvalue weighted by Gasteiger charge is 2.32. The Morgan fingerprint density at radius 1 is 1.32 bits per heavy atom. The molecule has 0 spiro atoms. The van der Waals surface area contributed by atoms with Crippen LogP contribution in [-0.2, 0) is 16.0 Å². The Morgan fingerprint density at radius 2 is 2.21 bits per heavy atom. The van der Waals surface area contributed by atoms with Gasteiger partial charge in [-0.1, -0.05) is 28.9 Å². The van der Waals surface area contributed by atoms with E-state index < -0.39 is 0 Å². The zero-order valence-corrected chi connectivity index (χ0v) is 16.6. The van der Waals surface area contributed by atoms with E-state index in [1.54, 1.807) is 7.05 Å². The predicted octanol–water partition coefficient (Wildman–Crippen LogP) is 2.35. The second-order valence-corrected chi connectivity index (χ2v) is 7.27. The molecule has 8 nitrogen and oxygen atoms in total. The van der Waals surface area contributed by atoms with Gasteiger partial charge in [0.05, 0.1) is 19.3 Å². The Labute approximate surface area is 168 Å². The third-order valence-electron chi connectivity index (χ3n) is 4.93. The van der Waals surface area contributed by atoms with Crippen LogP contribution in [0.4, 0.5) is 0 Å². The molecule has 2 aliphatic heterocycles. The molecule has 2 unspecified atom stereocenters. The largest absolute Gasteiger partial charge is 0.375 e. The number of aromatic nitrogens is 2. The van der Waals surface area contributed by atoms with Crippen LogP contribution in [0, 0.1) is 0 Å². The van der Waals surface area contributed by atoms with Crippen molar-refractivity contribution in [3.8, 4) is 11.4 Å². The fraction of sp³-hybridized carbons (Fsp3) is 0.526. The van der Waals surface area contributed by atoms with Crippen molar-refractivity contribution in [1.29, 1.82) is 0 Å². The lowest BCUT2D eigenvalue weighted by Crippen LogP contribution is -2.53. The molecule has 150 valence electrons. The smallest absolute Gasteiger partial charge is 0.246 e. The number of guanidine groups is 1. The van der Waals surface area contributed by atoms with Gasteiger partial charge in [-0.25, -0.2) is 0 Å². The van der Waals surface area contributed by atoms with Gasteiger partial charge in [-0.05, 0) is 25.0 Å². The summed E-state index contributed by atoms with van der Waals surface area (Å²) < 4.78 is 17.1. The summed E-state index contributed by atoms with van der Waals surface area (Å²) in [6.07, 6.45) is 2.41. The van der Waals surface area contributed by atoms with Crippen molar-refractivity contribution in [2.45, 2.75) is 31.6 Å². The molecule has 4 rings (SSSR count). The van der Waals surface area contributed by atoms with Crippen molar-refractivity contribution in [3.05, 3.63) is 35.2 Å². The Hall–Kier alpha value is -2.16. The SMILES string of the molecule is CN=C(NCc1nc(-c2cccc(Cl)c2)no1)N1CCOC(C2CCCO2)C1. The van der Waals surface area contributed by atoms with Crippen LogP contribution >= 0.6 is 11.6 Å². The fourth-order valence-corrected chi connectivity index (χ4v) is 3.74. The van der Waals surface area contributed by atoms with Gasteiger partial charge in [0.15, 0.2) is 5.96 Å². The highest BCUT2D eigenvalue weighted by Crippen LogP contribution is 2.22. The van der Waals surface area contributed by atoms with Gasteiger partial charge < -0.3 is 24.2 Å². The molecular formula is C19H24ClN5O3. The van der Waals surface area contributed by atoms with E-state index in [2.05, 4.69) is 25.3 Å². The van der Waals surface area contributed by atoms with E-state index in [4.69, 9.17) is 25.6 Å². The Bertz CT molecular complexity index is 821. The maximum Gasteiger partial charge on any atom is 0.246 e. The molecule has 0 amide bonds. The molecule has 0 bridgehead atoms. The van der Waals surface area contributed by atoms with Crippen LogP contribution in [0.2, 0.25) is 5.02 Å². The van der Waals surface area contributed by atoms with Gasteiger partial charge in [-0.15, -0.1) is 0 Å². The van der Waals surface area contributed by atoms with E-state index in [-0.39, 0.29) is 12.2 Å². The Balaban J connectivity index is 1.35. The fourth-order valence-electron chi connectivity index (χ4n) is 3.55. The van der Waals surface area contributed by atoms with Crippen molar-refractivity contribution in [3.63, 3.8) is 0 Å². The maximum atomic E-state index is 6.03. The molecular weight excluding hydrogens is 382 g/mol. The first kappa shape index (κ1) is 19.2. The third-order valence-corrected chi connectivity index (χ3v) is 5.17. The summed E-state index contributed by atoms with van der Waals surface area (Å²) in [5.74, 6) is 1.79. The van der Waals surface area contributed by atoms with Crippen molar-refractivity contribution in [2.24, 2.45) is 4.99 Å². The maximum absolute atomic E-state index is 6.03. The summed E-state index contributed by atoms with van der Waals surface area (Å²) in [6.45, 7) is 3.40. The first-order valence-electron chi connectivity index (χ1n) is 9.50. The van der Waals surface area contributed by atoms with Crippen LogP contribution < -0.4 is 5.32 Å². The quantitative estimate of drug-likeness (QED) is 0.617. The number of hydrogen-bond donors (Lipinski definition) is 1. The number of ether oxygens (including phenoxy) is 2. The van der Waals surface area contributed by atoms with Gasteiger partial charge >= 0.3 is 0 Å². The zero-order chi connectivity index (χ0) is 19.3. The molecule has 0 saturated carbocycles. The van der Waals surface area contributed by atoms with Crippen molar-refractivity contribution in [1.82, 2.24) is 20.4 Å². The van der Waals surface area contributed by atoms with Gasteiger partial charge in [-0.3, -0.25) is 4.99 Å². The van der Waals surface area contributed by atoms with E-state index in [1.807, 2.05) is 24.3 Å². The number of nitrogens with one attached hydrogen (secondary N) is 1. The number of benzene rings is 1. The highest BCUT2D eigenvalue weighted by molar-refractivity contribution is 6.30. The first-order chi connectivity index (χ1) is 13.7. The van der Waals surface area contributed by atoms with E-state index >= 15 is 0 Å². The third kappa shape index (κ3) is 4.45. The minimum atomic E-state index is 0.0765. The number of morpholine rings is 1. The standard InChI is InChI=1S/C19H24ClN5O3/c1-21-19(25-7-9-27-16(12-25)15-6-3-8-26-15)22-11-17-23-18(24-28-17)13-4-2-5-14(20)10-13/h2,4-5,10,15-16H,3,6-9,11-12H2,1H3,(H,21,22). The Kier molecular flexibility index (Phi) is 6.09. The van der Waals surface area contributed by atoms with E-state index in [9.17, 15) is 0 Å². The van der Waals surface area contributed by atoms with Gasteiger partial charge in [0.25, 0.3) is 0 Å². The van der Waals surface area contributed by atoms with Crippen LogP contribution in [-0.4, -0.2) is 66.6 Å². The van der Waals surface area contributed by atoms with Crippen molar-refractivity contribution < 1.29 is 14.0 Å². The predicted molar refractivity (Wildman–Crippen MR) is 105 cm³/mol. The molecule has 9 heteroatoms. The molecule has 2 atom stereocenters. The lowest BCUT2D eigenvalue weighted by atomic mass is 10.1. The van der Waals surface area contributed by atoms with Gasteiger partial charge in [-0.2, -0.15) is 4.98 Å². The average molecular weight is 406 g/mol. The molecule has 3 heterocycles. The van der Waals surface area contributed by atoms with Crippen molar-refractivity contribution >= 4 is 17.6 Å². The van der Waals surface area contributed by atoms with Crippen LogP contribution in [0.3, 0.4) is 0 Å². The average Bonchev–Trinajstić information content (AvgIpc) is 3.41.